The molecule has 0 saturated heterocycles. The van der Waals surface area contributed by atoms with Crippen molar-refractivity contribution in [3.05, 3.63) is 35.5 Å². The molecule has 2 aromatic rings. The third-order valence-corrected chi connectivity index (χ3v) is 2.76. The normalized spacial score (nSPS) is 12.0. The molecule has 0 radical (unpaired) electrons. The molecule has 0 spiro atoms. The molecular formula is C12H10F3NO. The second-order valence-electron chi connectivity index (χ2n) is 3.84. The molecule has 0 amide bonds. The van der Waals surface area contributed by atoms with Crippen LogP contribution in [-0.4, -0.2) is 10.9 Å². The summed E-state index contributed by atoms with van der Waals surface area (Å²) in [6.45, 7) is 0. The van der Waals surface area contributed by atoms with E-state index < -0.39 is 11.7 Å². The van der Waals surface area contributed by atoms with Crippen LogP contribution in [0, 0.1) is 0 Å². The molecule has 1 aromatic heterocycles. The number of rotatable bonds is 2. The lowest BCUT2D eigenvalue weighted by Gasteiger charge is -2.07. The number of carbonyl (C=O) groups is 1. The summed E-state index contributed by atoms with van der Waals surface area (Å²) in [5, 5.41) is 0.706. The Morgan fingerprint density at radius 1 is 1.29 bits per heavy atom. The number of aromatic nitrogens is 1. The third-order valence-electron chi connectivity index (χ3n) is 2.76. The van der Waals surface area contributed by atoms with Gasteiger partial charge in [0.15, 0.2) is 0 Å². The van der Waals surface area contributed by atoms with Crippen LogP contribution in [0.3, 0.4) is 0 Å². The molecule has 0 aliphatic heterocycles. The predicted molar refractivity (Wildman–Crippen MR) is 57.7 cm³/mol. The molecule has 0 saturated carbocycles. The first-order chi connectivity index (χ1) is 7.93. The number of aryl methyl sites for hydroxylation is 1. The Morgan fingerprint density at radius 2 is 2.00 bits per heavy atom. The van der Waals surface area contributed by atoms with Gasteiger partial charge in [-0.3, -0.25) is 0 Å². The highest BCUT2D eigenvalue weighted by atomic mass is 19.4. The van der Waals surface area contributed by atoms with Crippen LogP contribution < -0.4 is 0 Å². The van der Waals surface area contributed by atoms with Crippen LogP contribution >= 0.6 is 0 Å². The van der Waals surface area contributed by atoms with Crippen molar-refractivity contribution in [1.29, 1.82) is 0 Å². The Kier molecular flexibility index (Phi) is 2.69. The molecule has 17 heavy (non-hydrogen) atoms. The number of nitrogens with zero attached hydrogens (tertiary/aromatic N) is 1. The first kappa shape index (κ1) is 11.7. The fraction of sp³-hybridized carbons (Fsp3) is 0.250. The number of hydrogen-bond acceptors (Lipinski definition) is 1. The van der Waals surface area contributed by atoms with Gasteiger partial charge in [-0.05, 0) is 23.6 Å². The van der Waals surface area contributed by atoms with Crippen LogP contribution in [0.5, 0.6) is 0 Å². The molecular weight excluding hydrogens is 231 g/mol. The maximum atomic E-state index is 12.5. The van der Waals surface area contributed by atoms with Gasteiger partial charge in [0.25, 0.3) is 0 Å². The summed E-state index contributed by atoms with van der Waals surface area (Å²) in [5.41, 5.74) is 0.509. The highest BCUT2D eigenvalue weighted by Gasteiger charge is 2.30. The van der Waals surface area contributed by atoms with Crippen LogP contribution in [-0.2, 0) is 24.4 Å². The van der Waals surface area contributed by atoms with E-state index in [0.717, 1.165) is 18.4 Å². The number of fused-ring (bicyclic) bond motifs is 1. The van der Waals surface area contributed by atoms with Gasteiger partial charge in [0.2, 0.25) is 0 Å². The lowest BCUT2D eigenvalue weighted by molar-refractivity contribution is -0.137. The second kappa shape index (κ2) is 3.91. The molecule has 0 aliphatic rings. The minimum atomic E-state index is -4.34. The van der Waals surface area contributed by atoms with Gasteiger partial charge in [-0.2, -0.15) is 13.2 Å². The summed E-state index contributed by atoms with van der Waals surface area (Å²) in [7, 11) is 1.65. The van der Waals surface area contributed by atoms with Crippen molar-refractivity contribution >= 4 is 17.2 Å². The SMILES string of the molecule is Cn1c(CC=O)cc2ccc(C(F)(F)F)cc21. The average molecular weight is 241 g/mol. The second-order valence-corrected chi connectivity index (χ2v) is 3.84. The van der Waals surface area contributed by atoms with Gasteiger partial charge < -0.3 is 9.36 Å². The Morgan fingerprint density at radius 3 is 2.59 bits per heavy atom. The zero-order chi connectivity index (χ0) is 12.6. The van der Waals surface area contributed by atoms with Gasteiger partial charge in [0.05, 0.1) is 5.56 Å². The Labute approximate surface area is 95.7 Å². The summed E-state index contributed by atoms with van der Waals surface area (Å²) in [6.07, 6.45) is -3.41. The standard InChI is InChI=1S/C12H10F3NO/c1-16-10(4-5-17)6-8-2-3-9(7-11(8)16)12(13,14)15/h2-3,5-7H,4H2,1H3. The molecule has 0 aliphatic carbocycles. The van der Waals surface area contributed by atoms with Gasteiger partial charge >= 0.3 is 6.18 Å². The van der Waals surface area contributed by atoms with Crippen LogP contribution in [0.4, 0.5) is 13.2 Å². The van der Waals surface area contributed by atoms with Crippen molar-refractivity contribution in [2.45, 2.75) is 12.6 Å². The molecule has 90 valence electrons. The topological polar surface area (TPSA) is 22.0 Å². The zero-order valence-electron chi connectivity index (χ0n) is 9.08. The van der Waals surface area contributed by atoms with Crippen molar-refractivity contribution < 1.29 is 18.0 Å². The van der Waals surface area contributed by atoms with Crippen molar-refractivity contribution in [2.75, 3.05) is 0 Å². The maximum Gasteiger partial charge on any atom is 0.416 e. The predicted octanol–water partition coefficient (Wildman–Crippen LogP) is 2.94. The summed E-state index contributed by atoms with van der Waals surface area (Å²) in [4.78, 5) is 10.4. The van der Waals surface area contributed by atoms with E-state index in [1.165, 1.54) is 6.07 Å². The quantitative estimate of drug-likeness (QED) is 0.741. The molecule has 0 atom stereocenters. The molecule has 0 unspecified atom stereocenters. The first-order valence-corrected chi connectivity index (χ1v) is 5.02. The zero-order valence-corrected chi connectivity index (χ0v) is 9.08. The van der Waals surface area contributed by atoms with E-state index in [2.05, 4.69) is 0 Å². The molecule has 5 heteroatoms. The fourth-order valence-corrected chi connectivity index (χ4v) is 1.84. The number of aldehydes is 1. The van der Waals surface area contributed by atoms with E-state index >= 15 is 0 Å². The van der Waals surface area contributed by atoms with E-state index in [0.29, 0.717) is 16.6 Å². The van der Waals surface area contributed by atoms with Crippen LogP contribution in [0.1, 0.15) is 11.3 Å². The van der Waals surface area contributed by atoms with E-state index in [4.69, 9.17) is 0 Å². The average Bonchev–Trinajstić information content (AvgIpc) is 2.55. The van der Waals surface area contributed by atoms with Crippen molar-refractivity contribution in [1.82, 2.24) is 4.57 Å². The van der Waals surface area contributed by atoms with E-state index in [1.54, 1.807) is 17.7 Å². The lowest BCUT2D eigenvalue weighted by Crippen LogP contribution is -2.05. The van der Waals surface area contributed by atoms with E-state index in [-0.39, 0.29) is 6.42 Å². The Bertz CT molecular complexity index is 569. The molecule has 1 heterocycles. The molecule has 0 fully saturated rings. The van der Waals surface area contributed by atoms with Crippen molar-refractivity contribution in [3.63, 3.8) is 0 Å². The highest BCUT2D eigenvalue weighted by molar-refractivity contribution is 5.83. The van der Waals surface area contributed by atoms with Gasteiger partial charge in [0, 0.05) is 24.7 Å². The monoisotopic (exact) mass is 241 g/mol. The molecule has 1 aromatic carbocycles. The highest BCUT2D eigenvalue weighted by Crippen LogP contribution is 2.32. The number of carbonyl (C=O) groups excluding carboxylic acids is 1. The van der Waals surface area contributed by atoms with Crippen LogP contribution in [0.2, 0.25) is 0 Å². The molecule has 0 bridgehead atoms. The lowest BCUT2D eigenvalue weighted by atomic mass is 10.1. The van der Waals surface area contributed by atoms with Crippen molar-refractivity contribution in [2.24, 2.45) is 7.05 Å². The van der Waals surface area contributed by atoms with Crippen LogP contribution in [0.15, 0.2) is 24.3 Å². The van der Waals surface area contributed by atoms with E-state index in [9.17, 15) is 18.0 Å². The molecule has 0 N–H and O–H groups in total. The van der Waals surface area contributed by atoms with E-state index in [1.807, 2.05) is 0 Å². The van der Waals surface area contributed by atoms with Gasteiger partial charge in [0.1, 0.15) is 6.29 Å². The Balaban J connectivity index is 2.61. The van der Waals surface area contributed by atoms with Crippen molar-refractivity contribution in [3.8, 4) is 0 Å². The van der Waals surface area contributed by atoms with Gasteiger partial charge in [-0.1, -0.05) is 6.07 Å². The Hall–Kier alpha value is -1.78. The van der Waals surface area contributed by atoms with Gasteiger partial charge in [-0.25, -0.2) is 0 Å². The minimum absolute atomic E-state index is 0.201. The maximum absolute atomic E-state index is 12.5. The smallest absolute Gasteiger partial charge is 0.347 e. The third kappa shape index (κ3) is 2.05. The molecule has 2 rings (SSSR count). The van der Waals surface area contributed by atoms with Gasteiger partial charge in [-0.15, -0.1) is 0 Å². The number of alkyl halides is 3. The summed E-state index contributed by atoms with van der Waals surface area (Å²) < 4.78 is 39.2. The molecule has 2 nitrogen and oxygen atoms in total. The largest absolute Gasteiger partial charge is 0.416 e. The number of hydrogen-bond donors (Lipinski definition) is 0. The summed E-state index contributed by atoms with van der Waals surface area (Å²) in [5.74, 6) is 0. The fourth-order valence-electron chi connectivity index (χ4n) is 1.84. The minimum Gasteiger partial charge on any atom is -0.347 e. The first-order valence-electron chi connectivity index (χ1n) is 5.02. The summed E-state index contributed by atoms with van der Waals surface area (Å²) in [6, 6.07) is 5.30. The summed E-state index contributed by atoms with van der Waals surface area (Å²) >= 11 is 0. The van der Waals surface area contributed by atoms with Crippen LogP contribution in [0.25, 0.3) is 10.9 Å². The number of benzene rings is 1. The number of halogens is 3.